The summed E-state index contributed by atoms with van der Waals surface area (Å²) in [6.07, 6.45) is -3.56. The van der Waals surface area contributed by atoms with Crippen LogP contribution in [0.3, 0.4) is 0 Å². The fourth-order valence-electron chi connectivity index (χ4n) is 1.77. The highest BCUT2D eigenvalue weighted by atomic mass is 19.4. The Labute approximate surface area is 123 Å². The molecule has 1 unspecified atom stereocenters. The third-order valence-corrected chi connectivity index (χ3v) is 2.87. The van der Waals surface area contributed by atoms with Gasteiger partial charge in [-0.2, -0.15) is 13.2 Å². The molecule has 0 aliphatic heterocycles. The van der Waals surface area contributed by atoms with Crippen molar-refractivity contribution in [1.82, 2.24) is 9.97 Å². The summed E-state index contributed by atoms with van der Waals surface area (Å²) in [6, 6.07) is 6.06. The topological polar surface area (TPSA) is 81.0 Å². The Morgan fingerprint density at radius 1 is 1.32 bits per heavy atom. The van der Waals surface area contributed by atoms with Crippen molar-refractivity contribution in [2.75, 3.05) is 5.32 Å². The average molecular weight is 312 g/mol. The maximum Gasteiger partial charge on any atom is 0.433 e. The van der Waals surface area contributed by atoms with Gasteiger partial charge in [0.05, 0.1) is 11.0 Å². The average Bonchev–Trinajstić information content (AvgIpc) is 2.46. The van der Waals surface area contributed by atoms with Gasteiger partial charge in [0.15, 0.2) is 0 Å². The molecule has 6 nitrogen and oxygen atoms in total. The summed E-state index contributed by atoms with van der Waals surface area (Å²) in [6.45, 7) is 1.64. The number of rotatable bonds is 4. The van der Waals surface area contributed by atoms with Crippen LogP contribution in [0.25, 0.3) is 0 Å². The van der Waals surface area contributed by atoms with E-state index in [-0.39, 0.29) is 11.6 Å². The molecule has 0 fully saturated rings. The van der Waals surface area contributed by atoms with Gasteiger partial charge in [0.2, 0.25) is 5.95 Å². The van der Waals surface area contributed by atoms with Crippen LogP contribution in [0.4, 0.5) is 24.8 Å². The summed E-state index contributed by atoms with van der Waals surface area (Å²) in [7, 11) is 0. The van der Waals surface area contributed by atoms with Crippen molar-refractivity contribution in [2.45, 2.75) is 19.1 Å². The van der Waals surface area contributed by atoms with E-state index in [1.807, 2.05) is 0 Å². The molecule has 116 valence electrons. The van der Waals surface area contributed by atoms with Crippen LogP contribution in [0, 0.1) is 10.1 Å². The second-order valence-corrected chi connectivity index (χ2v) is 4.48. The van der Waals surface area contributed by atoms with Crippen LogP contribution in [-0.4, -0.2) is 14.9 Å². The van der Waals surface area contributed by atoms with E-state index < -0.39 is 22.8 Å². The van der Waals surface area contributed by atoms with E-state index in [1.54, 1.807) is 13.0 Å². The summed E-state index contributed by atoms with van der Waals surface area (Å²) < 4.78 is 37.7. The number of aromatic nitrogens is 2. The van der Waals surface area contributed by atoms with Crippen LogP contribution in [0.2, 0.25) is 0 Å². The number of non-ortho nitro benzene ring substituents is 1. The number of nitrogens with one attached hydrogen (secondary N) is 1. The molecule has 0 saturated heterocycles. The molecular weight excluding hydrogens is 301 g/mol. The first-order valence-electron chi connectivity index (χ1n) is 6.18. The van der Waals surface area contributed by atoms with Crippen molar-refractivity contribution in [3.8, 4) is 0 Å². The van der Waals surface area contributed by atoms with Gasteiger partial charge in [-0.25, -0.2) is 9.97 Å². The highest BCUT2D eigenvalue weighted by Crippen LogP contribution is 2.28. The predicted octanol–water partition coefficient (Wildman–Crippen LogP) is 3.58. The summed E-state index contributed by atoms with van der Waals surface area (Å²) in [5.41, 5.74) is -0.623. The van der Waals surface area contributed by atoms with Crippen LogP contribution in [0.5, 0.6) is 0 Å². The molecule has 0 radical (unpaired) electrons. The van der Waals surface area contributed by atoms with Gasteiger partial charge in [-0.1, -0.05) is 12.1 Å². The van der Waals surface area contributed by atoms with Gasteiger partial charge < -0.3 is 5.32 Å². The van der Waals surface area contributed by atoms with Gasteiger partial charge in [-0.3, -0.25) is 10.1 Å². The van der Waals surface area contributed by atoms with Crippen molar-refractivity contribution in [3.05, 3.63) is 57.9 Å². The Kier molecular flexibility index (Phi) is 4.25. The molecular formula is C13H11F3N4O2. The number of alkyl halides is 3. The standard InChI is InChI=1S/C13H11F3N4O2/c1-8(9-3-2-4-10(7-9)20(21)22)18-12-17-6-5-11(19-12)13(14,15)16/h2-8H,1H3,(H,17,18,19). The molecule has 0 bridgehead atoms. The number of hydrogen-bond acceptors (Lipinski definition) is 5. The number of nitro benzene ring substituents is 1. The Morgan fingerprint density at radius 2 is 2.05 bits per heavy atom. The summed E-state index contributed by atoms with van der Waals surface area (Å²) in [4.78, 5) is 17.3. The summed E-state index contributed by atoms with van der Waals surface area (Å²) in [5, 5.41) is 13.4. The number of benzene rings is 1. The van der Waals surface area contributed by atoms with Gasteiger partial charge in [-0.05, 0) is 18.6 Å². The number of halogens is 3. The number of nitrogens with zero attached hydrogens (tertiary/aromatic N) is 3. The molecule has 2 aromatic rings. The molecule has 1 heterocycles. The van der Waals surface area contributed by atoms with E-state index in [0.29, 0.717) is 5.56 Å². The molecule has 0 saturated carbocycles. The first-order valence-corrected chi connectivity index (χ1v) is 6.18. The molecule has 1 aromatic heterocycles. The lowest BCUT2D eigenvalue weighted by molar-refractivity contribution is -0.384. The number of nitro groups is 1. The monoisotopic (exact) mass is 312 g/mol. The largest absolute Gasteiger partial charge is 0.433 e. The first kappa shape index (κ1) is 15.7. The molecule has 22 heavy (non-hydrogen) atoms. The fraction of sp³-hybridized carbons (Fsp3) is 0.231. The number of anilines is 1. The van der Waals surface area contributed by atoms with Crippen molar-refractivity contribution in [2.24, 2.45) is 0 Å². The molecule has 1 N–H and O–H groups in total. The molecule has 0 spiro atoms. The highest BCUT2D eigenvalue weighted by Gasteiger charge is 2.32. The Bertz CT molecular complexity index is 691. The van der Waals surface area contributed by atoms with Crippen LogP contribution < -0.4 is 5.32 Å². The molecule has 0 aliphatic carbocycles. The van der Waals surface area contributed by atoms with Crippen molar-refractivity contribution < 1.29 is 18.1 Å². The fourth-order valence-corrected chi connectivity index (χ4v) is 1.77. The van der Waals surface area contributed by atoms with E-state index in [0.717, 1.165) is 12.3 Å². The first-order chi connectivity index (χ1) is 10.3. The zero-order chi connectivity index (χ0) is 16.3. The van der Waals surface area contributed by atoms with Gasteiger partial charge >= 0.3 is 6.18 Å². The zero-order valence-electron chi connectivity index (χ0n) is 11.3. The third-order valence-electron chi connectivity index (χ3n) is 2.87. The third kappa shape index (κ3) is 3.68. The lowest BCUT2D eigenvalue weighted by Crippen LogP contribution is -2.13. The number of hydrogen-bond donors (Lipinski definition) is 1. The van der Waals surface area contributed by atoms with Gasteiger partial charge in [0.1, 0.15) is 5.69 Å². The molecule has 9 heteroatoms. The molecule has 0 amide bonds. The van der Waals surface area contributed by atoms with Crippen LogP contribution in [0.1, 0.15) is 24.2 Å². The minimum absolute atomic E-state index is 0.101. The van der Waals surface area contributed by atoms with Crippen molar-refractivity contribution in [1.29, 1.82) is 0 Å². The quantitative estimate of drug-likeness (QED) is 0.689. The van der Waals surface area contributed by atoms with Gasteiger partial charge in [-0.15, -0.1) is 0 Å². The maximum absolute atomic E-state index is 12.6. The Hall–Kier alpha value is -2.71. The summed E-state index contributed by atoms with van der Waals surface area (Å²) >= 11 is 0. The van der Waals surface area contributed by atoms with E-state index >= 15 is 0 Å². The van der Waals surface area contributed by atoms with E-state index in [4.69, 9.17) is 0 Å². The lowest BCUT2D eigenvalue weighted by Gasteiger charge is -2.15. The van der Waals surface area contributed by atoms with Crippen molar-refractivity contribution in [3.63, 3.8) is 0 Å². The second kappa shape index (κ2) is 5.96. The molecule has 1 atom stereocenters. The van der Waals surface area contributed by atoms with E-state index in [2.05, 4.69) is 15.3 Å². The Morgan fingerprint density at radius 3 is 2.68 bits per heavy atom. The van der Waals surface area contributed by atoms with E-state index in [9.17, 15) is 23.3 Å². The minimum atomic E-state index is -4.56. The summed E-state index contributed by atoms with van der Waals surface area (Å²) in [5.74, 6) is -0.200. The van der Waals surface area contributed by atoms with E-state index in [1.165, 1.54) is 18.2 Å². The molecule has 2 rings (SSSR count). The van der Waals surface area contributed by atoms with Gasteiger partial charge in [0.25, 0.3) is 5.69 Å². The lowest BCUT2D eigenvalue weighted by atomic mass is 10.1. The second-order valence-electron chi connectivity index (χ2n) is 4.48. The van der Waals surface area contributed by atoms with Crippen LogP contribution in [0.15, 0.2) is 36.5 Å². The minimum Gasteiger partial charge on any atom is -0.348 e. The molecule has 0 aliphatic rings. The van der Waals surface area contributed by atoms with Gasteiger partial charge in [0, 0.05) is 18.3 Å². The maximum atomic E-state index is 12.6. The van der Waals surface area contributed by atoms with Crippen LogP contribution >= 0.6 is 0 Å². The predicted molar refractivity (Wildman–Crippen MR) is 72.2 cm³/mol. The zero-order valence-corrected chi connectivity index (χ0v) is 11.3. The SMILES string of the molecule is CC(Nc1nccc(C(F)(F)F)n1)c1cccc([N+](=O)[O-])c1. The highest BCUT2D eigenvalue weighted by molar-refractivity contribution is 5.39. The normalized spacial score (nSPS) is 12.7. The molecule has 1 aromatic carbocycles. The van der Waals surface area contributed by atoms with Crippen molar-refractivity contribution >= 4 is 11.6 Å². The van der Waals surface area contributed by atoms with Crippen LogP contribution in [-0.2, 0) is 6.18 Å². The Balaban J connectivity index is 2.20. The smallest absolute Gasteiger partial charge is 0.348 e.